The van der Waals surface area contributed by atoms with Crippen LogP contribution in [0.1, 0.15) is 29.6 Å². The summed E-state index contributed by atoms with van der Waals surface area (Å²) in [4.78, 5) is 34.1. The topological polar surface area (TPSA) is 110 Å². The van der Waals surface area contributed by atoms with Crippen LogP contribution in [0.15, 0.2) is 51.5 Å². The van der Waals surface area contributed by atoms with Crippen LogP contribution >= 0.6 is 15.9 Å². The Hall–Kier alpha value is -3.61. The highest BCUT2D eigenvalue weighted by atomic mass is 79.9. The number of pyridine rings is 1. The predicted octanol–water partition coefficient (Wildman–Crippen LogP) is 5.41. The number of halogens is 4. The van der Waals surface area contributed by atoms with Gasteiger partial charge in [-0.05, 0) is 53.5 Å². The Bertz CT molecular complexity index is 1250. The third-order valence-electron chi connectivity index (χ3n) is 5.29. The molecule has 190 valence electrons. The lowest BCUT2D eigenvalue weighted by atomic mass is 10.2. The molecule has 9 nitrogen and oxygen atoms in total. The average Bonchev–Trinajstić information content (AvgIpc) is 3.49. The molecule has 1 unspecified atom stereocenters. The van der Waals surface area contributed by atoms with Crippen LogP contribution in [0.25, 0.3) is 11.5 Å². The van der Waals surface area contributed by atoms with Gasteiger partial charge in [0.15, 0.2) is 5.69 Å². The van der Waals surface area contributed by atoms with Crippen molar-refractivity contribution < 1.29 is 31.9 Å². The Kier molecular flexibility index (Phi) is 7.48. The van der Waals surface area contributed by atoms with Crippen molar-refractivity contribution in [2.24, 2.45) is 0 Å². The zero-order valence-corrected chi connectivity index (χ0v) is 20.5. The lowest BCUT2D eigenvalue weighted by Gasteiger charge is -2.16. The summed E-state index contributed by atoms with van der Waals surface area (Å²) in [5, 5.41) is 5.56. The Morgan fingerprint density at radius 1 is 1.25 bits per heavy atom. The zero-order valence-electron chi connectivity index (χ0n) is 18.9. The normalized spacial score (nSPS) is 15.6. The number of hydrogen-bond donors (Lipinski definition) is 2. The molecule has 1 aliphatic heterocycles. The number of hydrogen-bond acceptors (Lipinski definition) is 7. The van der Waals surface area contributed by atoms with Crippen molar-refractivity contribution in [2.75, 3.05) is 30.3 Å². The van der Waals surface area contributed by atoms with Crippen LogP contribution in [0.3, 0.4) is 0 Å². The van der Waals surface area contributed by atoms with Crippen molar-refractivity contribution in [2.45, 2.75) is 25.6 Å². The fourth-order valence-corrected chi connectivity index (χ4v) is 4.08. The molecule has 0 bridgehead atoms. The summed E-state index contributed by atoms with van der Waals surface area (Å²) in [6.45, 7) is 3.03. The van der Waals surface area contributed by atoms with Crippen molar-refractivity contribution >= 4 is 39.4 Å². The van der Waals surface area contributed by atoms with Gasteiger partial charge in [0, 0.05) is 23.6 Å². The molecule has 4 rings (SSSR count). The fraction of sp³-hybridized carbons (Fsp3) is 0.304. The molecule has 36 heavy (non-hydrogen) atoms. The molecule has 1 aliphatic rings. The molecule has 0 spiro atoms. The van der Waals surface area contributed by atoms with Crippen LogP contribution in [0.2, 0.25) is 0 Å². The number of aromatic nitrogens is 2. The van der Waals surface area contributed by atoms with E-state index < -0.39 is 23.5 Å². The maximum Gasteiger partial charge on any atom is 0.452 e. The van der Waals surface area contributed by atoms with Crippen molar-refractivity contribution in [3.05, 3.63) is 58.5 Å². The SMILES string of the molecule is CCOC(=O)N1CCC(Nc2ccc(NC(=O)c3nc(-c4ccccc4Br)oc3C(F)(F)F)cn2)C1. The van der Waals surface area contributed by atoms with Gasteiger partial charge in [0.05, 0.1) is 24.1 Å². The van der Waals surface area contributed by atoms with Crippen LogP contribution in [0.5, 0.6) is 0 Å². The smallest absolute Gasteiger partial charge is 0.450 e. The first-order valence-electron chi connectivity index (χ1n) is 10.9. The van der Waals surface area contributed by atoms with E-state index in [1.807, 2.05) is 0 Å². The van der Waals surface area contributed by atoms with Gasteiger partial charge < -0.3 is 24.7 Å². The van der Waals surface area contributed by atoms with E-state index in [1.165, 1.54) is 18.3 Å². The molecular weight excluding hydrogens is 547 g/mol. The summed E-state index contributed by atoms with van der Waals surface area (Å²) in [5.41, 5.74) is -0.447. The van der Waals surface area contributed by atoms with Gasteiger partial charge in [0.1, 0.15) is 5.82 Å². The maximum absolute atomic E-state index is 13.6. The fourth-order valence-electron chi connectivity index (χ4n) is 3.63. The highest BCUT2D eigenvalue weighted by Gasteiger charge is 2.42. The Morgan fingerprint density at radius 3 is 2.69 bits per heavy atom. The van der Waals surface area contributed by atoms with Gasteiger partial charge in [-0.2, -0.15) is 13.2 Å². The van der Waals surface area contributed by atoms with Crippen LogP contribution in [0, 0.1) is 0 Å². The maximum atomic E-state index is 13.6. The molecule has 1 fully saturated rings. The number of benzene rings is 1. The van der Waals surface area contributed by atoms with Gasteiger partial charge >= 0.3 is 12.3 Å². The van der Waals surface area contributed by atoms with E-state index in [-0.39, 0.29) is 29.3 Å². The quantitative estimate of drug-likeness (QED) is 0.409. The number of nitrogens with one attached hydrogen (secondary N) is 2. The first-order chi connectivity index (χ1) is 17.2. The van der Waals surface area contributed by atoms with Gasteiger partial charge in [-0.15, -0.1) is 0 Å². The summed E-state index contributed by atoms with van der Waals surface area (Å²) < 4.78 is 51.1. The van der Waals surface area contributed by atoms with E-state index in [0.29, 0.717) is 36.4 Å². The summed E-state index contributed by atoms with van der Waals surface area (Å²) in [6, 6.07) is 9.46. The summed E-state index contributed by atoms with van der Waals surface area (Å²) >= 11 is 3.24. The largest absolute Gasteiger partial charge is 0.452 e. The Balaban J connectivity index is 1.45. The molecule has 0 saturated carbocycles. The van der Waals surface area contributed by atoms with Crippen molar-refractivity contribution in [3.8, 4) is 11.5 Å². The summed E-state index contributed by atoms with van der Waals surface area (Å²) in [7, 11) is 0. The molecule has 0 aliphatic carbocycles. The van der Waals surface area contributed by atoms with E-state index in [4.69, 9.17) is 9.15 Å². The number of likely N-dealkylation sites (tertiary alicyclic amines) is 1. The second-order valence-electron chi connectivity index (χ2n) is 7.84. The van der Waals surface area contributed by atoms with Crippen LogP contribution in [-0.4, -0.2) is 52.6 Å². The van der Waals surface area contributed by atoms with E-state index in [1.54, 1.807) is 36.1 Å². The Morgan fingerprint density at radius 2 is 2.03 bits per heavy atom. The van der Waals surface area contributed by atoms with E-state index in [9.17, 15) is 22.8 Å². The van der Waals surface area contributed by atoms with Gasteiger partial charge in [0.25, 0.3) is 5.91 Å². The number of ether oxygens (including phenoxy) is 1. The average molecular weight is 568 g/mol. The lowest BCUT2D eigenvalue weighted by molar-refractivity contribution is -0.153. The number of rotatable bonds is 6. The van der Waals surface area contributed by atoms with Crippen LogP contribution < -0.4 is 10.6 Å². The minimum Gasteiger partial charge on any atom is -0.450 e. The van der Waals surface area contributed by atoms with Crippen LogP contribution in [0.4, 0.5) is 29.5 Å². The molecule has 2 amide bonds. The molecule has 1 saturated heterocycles. The molecule has 0 radical (unpaired) electrons. The zero-order chi connectivity index (χ0) is 25.9. The summed E-state index contributed by atoms with van der Waals surface area (Å²) in [6.07, 6.45) is -3.29. The lowest BCUT2D eigenvalue weighted by Crippen LogP contribution is -2.32. The van der Waals surface area contributed by atoms with Crippen molar-refractivity contribution in [1.82, 2.24) is 14.9 Å². The molecular formula is C23H21BrF3N5O4. The molecule has 13 heteroatoms. The minimum absolute atomic E-state index is 0.0393. The summed E-state index contributed by atoms with van der Waals surface area (Å²) in [5.74, 6) is -2.44. The van der Waals surface area contributed by atoms with Gasteiger partial charge in [0.2, 0.25) is 11.7 Å². The number of amides is 2. The number of carbonyl (C=O) groups is 2. The Labute approximate surface area is 212 Å². The number of nitrogens with zero attached hydrogens (tertiary/aromatic N) is 3. The number of carbonyl (C=O) groups excluding carboxylic acids is 2. The molecule has 1 atom stereocenters. The monoisotopic (exact) mass is 567 g/mol. The van der Waals surface area contributed by atoms with E-state index in [0.717, 1.165) is 0 Å². The van der Waals surface area contributed by atoms with Crippen LogP contribution in [-0.2, 0) is 10.9 Å². The number of anilines is 2. The third-order valence-corrected chi connectivity index (χ3v) is 5.98. The molecule has 2 aromatic heterocycles. The van der Waals surface area contributed by atoms with Gasteiger partial charge in [-0.3, -0.25) is 4.79 Å². The van der Waals surface area contributed by atoms with E-state index >= 15 is 0 Å². The molecule has 1 aromatic carbocycles. The van der Waals surface area contributed by atoms with Gasteiger partial charge in [-0.1, -0.05) is 12.1 Å². The highest BCUT2D eigenvalue weighted by molar-refractivity contribution is 9.10. The first-order valence-corrected chi connectivity index (χ1v) is 11.7. The molecule has 3 heterocycles. The predicted molar refractivity (Wildman–Crippen MR) is 127 cm³/mol. The molecule has 3 aromatic rings. The highest BCUT2D eigenvalue weighted by Crippen LogP contribution is 2.37. The van der Waals surface area contributed by atoms with Crippen molar-refractivity contribution in [3.63, 3.8) is 0 Å². The van der Waals surface area contributed by atoms with Gasteiger partial charge in [-0.25, -0.2) is 14.8 Å². The first kappa shape index (κ1) is 25.5. The second kappa shape index (κ2) is 10.6. The third kappa shape index (κ3) is 5.78. The van der Waals surface area contributed by atoms with Crippen molar-refractivity contribution in [1.29, 1.82) is 0 Å². The number of oxazole rings is 1. The second-order valence-corrected chi connectivity index (χ2v) is 8.69. The standard InChI is InChI=1S/C23H21BrF3N5O4/c1-2-35-22(34)32-10-9-14(12-32)29-17-8-7-13(11-28-17)30-20(33)18-19(23(25,26)27)36-21(31-18)15-5-3-4-6-16(15)24/h3-8,11,14H,2,9-10,12H2,1H3,(H,28,29)(H,30,33). The minimum atomic E-state index is -4.93. The number of alkyl halides is 3. The van der Waals surface area contributed by atoms with E-state index in [2.05, 4.69) is 36.5 Å². The molecule has 2 N–H and O–H groups in total.